The number of hydrazine groups is 1. The van der Waals surface area contributed by atoms with E-state index >= 15 is 8.78 Å². The molecule has 0 spiro atoms. The number of sulfonamides is 1. The maximum Gasteiger partial charge on any atom is 0.414 e. The molecule has 0 aliphatic carbocycles. The van der Waals surface area contributed by atoms with Gasteiger partial charge >= 0.3 is 12.1 Å². The number of amides is 3. The van der Waals surface area contributed by atoms with E-state index in [1.165, 1.54) is 33.5 Å². The lowest BCUT2D eigenvalue weighted by molar-refractivity contribution is 0.0730. The van der Waals surface area contributed by atoms with Crippen LogP contribution < -0.4 is 25.9 Å². The lowest BCUT2D eigenvalue weighted by atomic mass is 10.2. The number of halogens is 2. The van der Waals surface area contributed by atoms with Crippen LogP contribution in [0.4, 0.5) is 29.7 Å². The summed E-state index contributed by atoms with van der Waals surface area (Å²) in [6.07, 6.45) is -1.34. The first-order valence-corrected chi connectivity index (χ1v) is 16.4. The van der Waals surface area contributed by atoms with Crippen LogP contribution in [0.3, 0.4) is 0 Å². The fraction of sp³-hybridized carbons (Fsp3) is 0.464. The number of benzene rings is 2. The van der Waals surface area contributed by atoms with Crippen molar-refractivity contribution in [1.29, 1.82) is 0 Å². The van der Waals surface area contributed by atoms with Gasteiger partial charge in [0, 0.05) is 51.4 Å². The number of morpholine rings is 1. The number of anilines is 2. The van der Waals surface area contributed by atoms with Gasteiger partial charge in [0.1, 0.15) is 11.8 Å². The summed E-state index contributed by atoms with van der Waals surface area (Å²) in [5.41, 5.74) is 3.40. The van der Waals surface area contributed by atoms with Crippen molar-refractivity contribution in [1.82, 2.24) is 25.4 Å². The molecule has 3 N–H and O–H groups in total. The Kier molecular flexibility index (Phi) is 10.7. The molecule has 5 rings (SSSR count). The van der Waals surface area contributed by atoms with Gasteiger partial charge in [-0.15, -0.1) is 0 Å². The molecule has 0 radical (unpaired) electrons. The molecule has 1 atom stereocenters. The minimum Gasteiger partial charge on any atom is -0.474 e. The maximum absolute atomic E-state index is 15.3. The van der Waals surface area contributed by atoms with Crippen LogP contribution in [0.15, 0.2) is 41.3 Å². The number of thiocarbonyl (C=S) groups is 1. The van der Waals surface area contributed by atoms with Gasteiger partial charge in [-0.1, -0.05) is 12.1 Å². The van der Waals surface area contributed by atoms with E-state index in [0.29, 0.717) is 31.9 Å². The van der Waals surface area contributed by atoms with Crippen LogP contribution in [0.5, 0.6) is 0 Å². The third kappa shape index (κ3) is 7.75. The standard InChI is InChI=1S/C28H35F2N7O7S2/c1-42-27(45)32-17-21-18-36(28(39)44-21)20-14-23(29)25(24(30)15-20)34-7-6-33-37(9-8-34)26(38)31-16-19-2-4-22(5-3-19)46(40,41)35-10-12-43-13-11-35/h2-5,14-15,21,33H,6-13,16-18H2,1H3,(H,31,38)(H,32,45)/t21-/m0/s1. The van der Waals surface area contributed by atoms with E-state index < -0.39 is 39.9 Å². The summed E-state index contributed by atoms with van der Waals surface area (Å²) in [5, 5.41) is 7.01. The Morgan fingerprint density at radius 3 is 2.43 bits per heavy atom. The molecule has 3 fully saturated rings. The molecule has 250 valence electrons. The number of ether oxygens (including phenoxy) is 3. The van der Waals surface area contributed by atoms with Gasteiger partial charge < -0.3 is 29.7 Å². The summed E-state index contributed by atoms with van der Waals surface area (Å²) in [4.78, 5) is 28.1. The number of hydrogen-bond acceptors (Lipinski definition) is 10. The van der Waals surface area contributed by atoms with E-state index in [1.807, 2.05) is 0 Å². The molecule has 3 amide bonds. The molecule has 2 aromatic rings. The van der Waals surface area contributed by atoms with Gasteiger partial charge in [0.15, 0.2) is 11.6 Å². The average Bonchev–Trinajstić information content (AvgIpc) is 3.26. The molecule has 14 nitrogen and oxygen atoms in total. The van der Waals surface area contributed by atoms with E-state index in [0.717, 1.165) is 17.0 Å². The fourth-order valence-electron chi connectivity index (χ4n) is 5.23. The Morgan fingerprint density at radius 1 is 1.07 bits per heavy atom. The van der Waals surface area contributed by atoms with E-state index in [1.54, 1.807) is 12.1 Å². The number of nitrogens with zero attached hydrogens (tertiary/aromatic N) is 4. The third-order valence-corrected chi connectivity index (χ3v) is 9.88. The molecule has 2 aromatic carbocycles. The van der Waals surface area contributed by atoms with Crippen molar-refractivity contribution < 1.29 is 41.0 Å². The first-order valence-electron chi connectivity index (χ1n) is 14.6. The topological polar surface area (TPSA) is 145 Å². The normalized spacial score (nSPS) is 19.4. The highest BCUT2D eigenvalue weighted by molar-refractivity contribution is 7.89. The smallest absolute Gasteiger partial charge is 0.414 e. The van der Waals surface area contributed by atoms with Crippen molar-refractivity contribution in [2.24, 2.45) is 0 Å². The lowest BCUT2D eigenvalue weighted by Gasteiger charge is -2.26. The molecule has 3 saturated heterocycles. The summed E-state index contributed by atoms with van der Waals surface area (Å²) in [5.74, 6) is -1.72. The minimum atomic E-state index is -3.63. The number of rotatable bonds is 8. The second-order valence-electron chi connectivity index (χ2n) is 10.6. The van der Waals surface area contributed by atoms with E-state index in [9.17, 15) is 18.0 Å². The van der Waals surface area contributed by atoms with E-state index in [-0.39, 0.29) is 67.3 Å². The van der Waals surface area contributed by atoms with Crippen molar-refractivity contribution in [3.63, 3.8) is 0 Å². The molecular weight excluding hydrogens is 648 g/mol. The van der Waals surface area contributed by atoms with Gasteiger partial charge in [-0.25, -0.2) is 32.2 Å². The number of methoxy groups -OCH3 is 1. The van der Waals surface area contributed by atoms with Gasteiger partial charge in [-0.05, 0) is 29.9 Å². The molecule has 3 aliphatic rings. The number of carbonyl (C=O) groups excluding carboxylic acids is 2. The third-order valence-electron chi connectivity index (χ3n) is 7.66. The first-order chi connectivity index (χ1) is 22.1. The van der Waals surface area contributed by atoms with Crippen molar-refractivity contribution in [2.45, 2.75) is 17.5 Å². The molecule has 0 saturated carbocycles. The minimum absolute atomic E-state index is 0.0150. The van der Waals surface area contributed by atoms with Crippen LogP contribution in [0.25, 0.3) is 0 Å². The van der Waals surface area contributed by atoms with Gasteiger partial charge in [-0.3, -0.25) is 9.91 Å². The Labute approximate surface area is 270 Å². The number of hydrogen-bond donors (Lipinski definition) is 3. The summed E-state index contributed by atoms with van der Waals surface area (Å²) in [6, 6.07) is 7.98. The molecule has 46 heavy (non-hydrogen) atoms. The summed E-state index contributed by atoms with van der Waals surface area (Å²) < 4.78 is 73.0. The fourth-order valence-corrected chi connectivity index (χ4v) is 6.73. The predicted octanol–water partition coefficient (Wildman–Crippen LogP) is 1.37. The Bertz CT molecular complexity index is 1520. The lowest BCUT2D eigenvalue weighted by Crippen LogP contribution is -2.48. The van der Waals surface area contributed by atoms with E-state index in [4.69, 9.17) is 26.4 Å². The molecular formula is C28H35F2N7O7S2. The number of urea groups is 1. The van der Waals surface area contributed by atoms with Crippen molar-refractivity contribution in [3.05, 3.63) is 53.6 Å². The predicted molar refractivity (Wildman–Crippen MR) is 167 cm³/mol. The van der Waals surface area contributed by atoms with Crippen LogP contribution in [0, 0.1) is 11.6 Å². The molecule has 3 aliphatic heterocycles. The van der Waals surface area contributed by atoms with Gasteiger partial charge in [-0.2, -0.15) is 4.31 Å². The van der Waals surface area contributed by atoms with Crippen LogP contribution >= 0.6 is 12.2 Å². The number of carbonyl (C=O) groups is 2. The summed E-state index contributed by atoms with van der Waals surface area (Å²) in [7, 11) is -2.23. The highest BCUT2D eigenvalue weighted by atomic mass is 32.2. The Hall–Kier alpha value is -3.84. The van der Waals surface area contributed by atoms with Crippen LogP contribution in [0.1, 0.15) is 5.56 Å². The van der Waals surface area contributed by atoms with Gasteiger partial charge in [0.25, 0.3) is 5.17 Å². The van der Waals surface area contributed by atoms with Crippen LogP contribution in [-0.2, 0) is 30.8 Å². The first kappa shape index (κ1) is 33.5. The molecule has 0 aromatic heterocycles. The van der Waals surface area contributed by atoms with Crippen molar-refractivity contribution >= 4 is 50.9 Å². The second kappa shape index (κ2) is 14.7. The zero-order chi connectivity index (χ0) is 32.8. The summed E-state index contributed by atoms with van der Waals surface area (Å²) in [6.45, 7) is 2.33. The Morgan fingerprint density at radius 2 is 1.76 bits per heavy atom. The number of nitrogens with one attached hydrogen (secondary N) is 3. The molecule has 0 unspecified atom stereocenters. The second-order valence-corrected chi connectivity index (χ2v) is 12.9. The number of cyclic esters (lactones) is 1. The zero-order valence-electron chi connectivity index (χ0n) is 25.0. The quantitative estimate of drug-likeness (QED) is 0.347. The monoisotopic (exact) mass is 683 g/mol. The van der Waals surface area contributed by atoms with Crippen molar-refractivity contribution in [2.75, 3.05) is 82.5 Å². The zero-order valence-corrected chi connectivity index (χ0v) is 26.7. The summed E-state index contributed by atoms with van der Waals surface area (Å²) >= 11 is 4.91. The molecule has 18 heteroatoms. The Balaban J connectivity index is 1.14. The maximum atomic E-state index is 15.3. The largest absolute Gasteiger partial charge is 0.474 e. The van der Waals surface area contributed by atoms with Crippen LogP contribution in [-0.4, -0.2) is 114 Å². The van der Waals surface area contributed by atoms with Crippen molar-refractivity contribution in [3.8, 4) is 0 Å². The van der Waals surface area contributed by atoms with E-state index in [2.05, 4.69) is 16.1 Å². The van der Waals surface area contributed by atoms with Gasteiger partial charge in [0.2, 0.25) is 10.0 Å². The molecule has 3 heterocycles. The highest BCUT2D eigenvalue weighted by Gasteiger charge is 2.34. The van der Waals surface area contributed by atoms with Crippen LogP contribution in [0.2, 0.25) is 0 Å². The molecule has 0 bridgehead atoms. The average molecular weight is 684 g/mol. The highest BCUT2D eigenvalue weighted by Crippen LogP contribution is 2.31. The van der Waals surface area contributed by atoms with Gasteiger partial charge in [0.05, 0.1) is 50.5 Å². The SMILES string of the molecule is COC(=S)NC[C@H]1CN(c2cc(F)c(N3CCNN(C(=O)NCc4ccc(S(=O)(=O)N5CCOCC5)cc4)CC3)c(F)c2)C(=O)O1.